The highest BCUT2D eigenvalue weighted by Gasteiger charge is 2.15. The zero-order valence-corrected chi connectivity index (χ0v) is 10.6. The highest BCUT2D eigenvalue weighted by atomic mass is 35.5. The van der Waals surface area contributed by atoms with E-state index in [4.69, 9.17) is 23.2 Å². The van der Waals surface area contributed by atoms with E-state index >= 15 is 0 Å². The molecule has 0 spiro atoms. The lowest BCUT2D eigenvalue weighted by Gasteiger charge is -2.41. The number of rotatable bonds is 2. The Hall–Kier alpha value is -0.280. The van der Waals surface area contributed by atoms with E-state index < -0.39 is 5.54 Å². The molecule has 0 saturated heterocycles. The molecule has 0 N–H and O–H groups in total. The van der Waals surface area contributed by atoms with Crippen molar-refractivity contribution in [2.75, 3.05) is 0 Å². The number of hydrogen-bond donors (Lipinski definition) is 0. The minimum absolute atomic E-state index is 0.210. The van der Waals surface area contributed by atoms with Crippen molar-refractivity contribution in [1.29, 1.82) is 0 Å². The van der Waals surface area contributed by atoms with Gasteiger partial charge in [0.25, 0.3) is 0 Å². The monoisotopic (exact) mass is 246 g/mol. The lowest BCUT2D eigenvalue weighted by Crippen LogP contribution is -2.36. The molecule has 1 rings (SSSR count). The van der Waals surface area contributed by atoms with Gasteiger partial charge < -0.3 is 10.3 Å². The van der Waals surface area contributed by atoms with Crippen molar-refractivity contribution in [2.24, 2.45) is 0 Å². The molecule has 0 amide bonds. The summed E-state index contributed by atoms with van der Waals surface area (Å²) in [5.74, 6) is 0. The Kier molecular flexibility index (Phi) is 4.01. The van der Waals surface area contributed by atoms with Crippen LogP contribution in [0.1, 0.15) is 26.3 Å². The Morgan fingerprint density at radius 1 is 1.20 bits per heavy atom. The number of hydrogen-bond acceptors (Lipinski definition) is 2. The average molecular weight is 247 g/mol. The van der Waals surface area contributed by atoms with Crippen molar-refractivity contribution >= 4 is 23.2 Å². The normalized spacial score (nSPS) is 12.2. The summed E-state index contributed by atoms with van der Waals surface area (Å²) in [5, 5.41) is 13.8. The maximum absolute atomic E-state index is 11.7. The van der Waals surface area contributed by atoms with Crippen LogP contribution in [0.3, 0.4) is 0 Å². The summed E-state index contributed by atoms with van der Waals surface area (Å²) in [7, 11) is 0. The van der Waals surface area contributed by atoms with Gasteiger partial charge in [-0.15, -0.1) is 0 Å². The van der Waals surface area contributed by atoms with Gasteiger partial charge in [-0.1, -0.05) is 29.3 Å². The minimum Gasteiger partial charge on any atom is -0.785 e. The van der Waals surface area contributed by atoms with E-state index in [9.17, 15) is 5.21 Å². The minimum atomic E-state index is -0.442. The quantitative estimate of drug-likeness (QED) is 0.735. The van der Waals surface area contributed by atoms with Gasteiger partial charge in [-0.25, -0.2) is 0 Å². The van der Waals surface area contributed by atoms with Gasteiger partial charge in [0.15, 0.2) is 0 Å². The number of hydroxylamine groups is 2. The number of benzene rings is 1. The summed E-state index contributed by atoms with van der Waals surface area (Å²) >= 11 is 11.9. The van der Waals surface area contributed by atoms with Crippen LogP contribution in [-0.4, -0.2) is 10.6 Å². The van der Waals surface area contributed by atoms with E-state index in [2.05, 4.69) is 0 Å². The van der Waals surface area contributed by atoms with Crippen molar-refractivity contribution < 1.29 is 0 Å². The zero-order valence-electron chi connectivity index (χ0n) is 9.05. The fourth-order valence-electron chi connectivity index (χ4n) is 1.06. The molecule has 0 aliphatic heterocycles. The summed E-state index contributed by atoms with van der Waals surface area (Å²) < 4.78 is 0. The smallest absolute Gasteiger partial charge is 0.0465 e. The molecule has 0 heterocycles. The Morgan fingerprint density at radius 3 is 2.07 bits per heavy atom. The van der Waals surface area contributed by atoms with Crippen LogP contribution in [0.5, 0.6) is 0 Å². The first-order valence-corrected chi connectivity index (χ1v) is 5.45. The second-order valence-electron chi connectivity index (χ2n) is 4.41. The van der Waals surface area contributed by atoms with Crippen molar-refractivity contribution in [3.63, 3.8) is 0 Å². The van der Waals surface area contributed by atoms with Gasteiger partial charge in [0.2, 0.25) is 0 Å². The highest BCUT2D eigenvalue weighted by Crippen LogP contribution is 2.27. The van der Waals surface area contributed by atoms with Crippen molar-refractivity contribution in [3.8, 4) is 0 Å². The fourth-order valence-corrected chi connectivity index (χ4v) is 1.58. The average Bonchev–Trinajstić information content (AvgIpc) is 2.09. The van der Waals surface area contributed by atoms with E-state index in [1.165, 1.54) is 0 Å². The highest BCUT2D eigenvalue weighted by molar-refractivity contribution is 6.35. The molecule has 4 heteroatoms. The predicted molar refractivity (Wildman–Crippen MR) is 65.1 cm³/mol. The lowest BCUT2D eigenvalue weighted by molar-refractivity contribution is 0.198. The fraction of sp³-hybridized carbons (Fsp3) is 0.455. The summed E-state index contributed by atoms with van der Waals surface area (Å²) in [6.07, 6.45) is 0. The van der Waals surface area contributed by atoms with Crippen LogP contribution in [0, 0.1) is 5.21 Å². The molecule has 0 bridgehead atoms. The van der Waals surface area contributed by atoms with Crippen LogP contribution in [0.15, 0.2) is 18.2 Å². The van der Waals surface area contributed by atoms with E-state index in [0.29, 0.717) is 15.6 Å². The summed E-state index contributed by atoms with van der Waals surface area (Å²) in [6.45, 7) is 5.77. The van der Waals surface area contributed by atoms with Gasteiger partial charge in [-0.3, -0.25) is 0 Å². The molecule has 0 aromatic heterocycles. The molecule has 0 aliphatic rings. The molecule has 0 unspecified atom stereocenters. The standard InChI is InChI=1S/C11H14Cl2NO/c1-11(2,3)14(15)7-8-9(12)5-4-6-10(8)13/h4-6H,7H2,1-3H3/q-1. The van der Waals surface area contributed by atoms with Gasteiger partial charge in [0.1, 0.15) is 0 Å². The van der Waals surface area contributed by atoms with E-state index in [-0.39, 0.29) is 6.54 Å². The molecule has 0 fully saturated rings. The van der Waals surface area contributed by atoms with Crippen molar-refractivity contribution in [2.45, 2.75) is 32.9 Å². The van der Waals surface area contributed by atoms with Crippen LogP contribution >= 0.6 is 23.2 Å². The predicted octanol–water partition coefficient (Wildman–Crippen LogP) is 4.09. The second-order valence-corrected chi connectivity index (χ2v) is 5.22. The first-order valence-electron chi connectivity index (χ1n) is 4.70. The van der Waals surface area contributed by atoms with E-state index in [1.54, 1.807) is 18.2 Å². The molecule has 2 nitrogen and oxygen atoms in total. The van der Waals surface area contributed by atoms with Crippen molar-refractivity contribution in [3.05, 3.63) is 39.0 Å². The maximum Gasteiger partial charge on any atom is 0.0465 e. The number of nitrogens with zero attached hydrogens (tertiary/aromatic N) is 1. The van der Waals surface area contributed by atoms with Gasteiger partial charge in [0.05, 0.1) is 0 Å². The van der Waals surface area contributed by atoms with Crippen LogP contribution < -0.4 is 0 Å². The second kappa shape index (κ2) is 4.71. The zero-order chi connectivity index (χ0) is 11.6. The van der Waals surface area contributed by atoms with Gasteiger partial charge in [-0.05, 0) is 32.9 Å². The molecule has 0 radical (unpaired) electrons. The lowest BCUT2D eigenvalue weighted by atomic mass is 10.1. The third-order valence-electron chi connectivity index (χ3n) is 2.11. The largest absolute Gasteiger partial charge is 0.785 e. The molecule has 0 atom stereocenters. The van der Waals surface area contributed by atoms with Gasteiger partial charge >= 0.3 is 0 Å². The number of halogens is 2. The summed E-state index contributed by atoms with van der Waals surface area (Å²) in [5.41, 5.74) is 0.244. The topological polar surface area (TPSA) is 26.3 Å². The van der Waals surface area contributed by atoms with Crippen LogP contribution in [0.2, 0.25) is 10.0 Å². The maximum atomic E-state index is 11.7. The third-order valence-corrected chi connectivity index (χ3v) is 2.82. The molecule has 0 saturated carbocycles. The first-order chi connectivity index (χ1) is 6.82. The first kappa shape index (κ1) is 12.8. The van der Waals surface area contributed by atoms with Crippen LogP contribution in [-0.2, 0) is 6.54 Å². The van der Waals surface area contributed by atoms with Crippen LogP contribution in [0.25, 0.3) is 0 Å². The Balaban J connectivity index is 2.90. The molecule has 15 heavy (non-hydrogen) atoms. The Bertz CT molecular complexity index is 327. The molecule has 84 valence electrons. The van der Waals surface area contributed by atoms with E-state index in [1.807, 2.05) is 20.8 Å². The van der Waals surface area contributed by atoms with Gasteiger partial charge in [-0.2, -0.15) is 0 Å². The Labute approximate surface area is 100 Å². The molecule has 0 aliphatic carbocycles. The Morgan fingerprint density at radius 2 is 1.67 bits per heavy atom. The SMILES string of the molecule is CC(C)(C)N([O-])Cc1c(Cl)cccc1Cl. The summed E-state index contributed by atoms with van der Waals surface area (Å²) in [4.78, 5) is 0. The van der Waals surface area contributed by atoms with Crippen molar-refractivity contribution in [1.82, 2.24) is 5.06 Å². The van der Waals surface area contributed by atoms with Gasteiger partial charge in [0, 0.05) is 27.7 Å². The van der Waals surface area contributed by atoms with Crippen LogP contribution in [0.4, 0.5) is 0 Å². The third kappa shape index (κ3) is 3.35. The molecule has 1 aromatic rings. The molecular weight excluding hydrogens is 233 g/mol. The summed E-state index contributed by atoms with van der Waals surface area (Å²) in [6, 6.07) is 5.24. The molecule has 1 aromatic carbocycles. The molecular formula is C11H14Cl2NO-. The van der Waals surface area contributed by atoms with E-state index in [0.717, 1.165) is 5.06 Å².